The molecule has 0 aromatic carbocycles. The number of rotatable bonds is 2. The van der Waals surface area contributed by atoms with Crippen LogP contribution < -0.4 is 5.32 Å². The third kappa shape index (κ3) is 2.80. The van der Waals surface area contributed by atoms with Crippen molar-refractivity contribution in [2.45, 2.75) is 50.7 Å². The number of aliphatic hydroxyl groups excluding tert-OH is 1. The molecular formula is C14H22N4O2. The topological polar surface area (TPSA) is 81.2 Å². The molecule has 2 aliphatic rings. The number of aromatic nitrogens is 2. The highest BCUT2D eigenvalue weighted by Gasteiger charge is 2.39. The van der Waals surface area contributed by atoms with E-state index in [1.165, 1.54) is 32.1 Å². The summed E-state index contributed by atoms with van der Waals surface area (Å²) in [4.78, 5) is 14.2. The van der Waals surface area contributed by atoms with Gasteiger partial charge in [0.25, 0.3) is 0 Å². The van der Waals surface area contributed by atoms with Crippen LogP contribution in [0.25, 0.3) is 0 Å². The van der Waals surface area contributed by atoms with Gasteiger partial charge in [-0.15, -0.1) is 0 Å². The lowest BCUT2D eigenvalue weighted by Gasteiger charge is -2.33. The van der Waals surface area contributed by atoms with Crippen molar-refractivity contribution in [3.8, 4) is 0 Å². The molecule has 6 heteroatoms. The normalized spacial score (nSPS) is 27.8. The van der Waals surface area contributed by atoms with Crippen LogP contribution in [0.1, 0.15) is 38.5 Å². The molecule has 0 bridgehead atoms. The molecule has 3 rings (SSSR count). The van der Waals surface area contributed by atoms with E-state index in [9.17, 15) is 9.90 Å². The van der Waals surface area contributed by atoms with E-state index in [0.29, 0.717) is 24.6 Å². The van der Waals surface area contributed by atoms with E-state index in [4.69, 9.17) is 0 Å². The van der Waals surface area contributed by atoms with Crippen LogP contribution in [0.3, 0.4) is 0 Å². The third-order valence-corrected chi connectivity index (χ3v) is 4.53. The second-order valence-corrected chi connectivity index (χ2v) is 5.92. The van der Waals surface area contributed by atoms with Crippen molar-refractivity contribution in [2.24, 2.45) is 5.92 Å². The van der Waals surface area contributed by atoms with Crippen LogP contribution in [0.4, 0.5) is 10.5 Å². The van der Waals surface area contributed by atoms with Gasteiger partial charge in [0.05, 0.1) is 18.0 Å². The number of carbonyl (C=O) groups excluding carboxylic acids is 1. The molecule has 3 N–H and O–H groups in total. The van der Waals surface area contributed by atoms with Crippen LogP contribution >= 0.6 is 0 Å². The summed E-state index contributed by atoms with van der Waals surface area (Å²) < 4.78 is 0. The minimum Gasteiger partial charge on any atom is -0.391 e. The fourth-order valence-electron chi connectivity index (χ4n) is 3.56. The monoisotopic (exact) mass is 278 g/mol. The fourth-order valence-corrected chi connectivity index (χ4v) is 3.56. The molecule has 1 aromatic rings. The highest BCUT2D eigenvalue weighted by atomic mass is 16.3. The van der Waals surface area contributed by atoms with E-state index >= 15 is 0 Å². The molecule has 1 aliphatic carbocycles. The first-order chi connectivity index (χ1) is 9.74. The number of β-amino-alcohol motifs (C(OH)–C–C–N with tert-alkyl or cyclic N) is 1. The summed E-state index contributed by atoms with van der Waals surface area (Å²) in [5.41, 5.74) is 0.666. The van der Waals surface area contributed by atoms with Gasteiger partial charge in [-0.25, -0.2) is 4.79 Å². The van der Waals surface area contributed by atoms with Gasteiger partial charge in [-0.1, -0.05) is 19.3 Å². The average Bonchev–Trinajstić information content (AvgIpc) is 3.09. The predicted molar refractivity (Wildman–Crippen MR) is 75.3 cm³/mol. The minimum atomic E-state index is -0.392. The summed E-state index contributed by atoms with van der Waals surface area (Å²) in [6, 6.07) is 0.0516. The molecule has 1 saturated carbocycles. The molecule has 110 valence electrons. The second kappa shape index (κ2) is 5.83. The number of urea groups is 1. The second-order valence-electron chi connectivity index (χ2n) is 5.92. The predicted octanol–water partition coefficient (Wildman–Crippen LogP) is 1.96. The number of nitrogens with zero attached hydrogens (tertiary/aromatic N) is 2. The van der Waals surface area contributed by atoms with Gasteiger partial charge in [-0.05, 0) is 25.2 Å². The first kappa shape index (κ1) is 13.4. The molecule has 1 aliphatic heterocycles. The van der Waals surface area contributed by atoms with Gasteiger partial charge in [0.15, 0.2) is 0 Å². The van der Waals surface area contributed by atoms with Crippen LogP contribution in [-0.2, 0) is 0 Å². The maximum atomic E-state index is 12.4. The summed E-state index contributed by atoms with van der Waals surface area (Å²) in [6.45, 7) is 0.435. The molecule has 1 saturated heterocycles. The van der Waals surface area contributed by atoms with Gasteiger partial charge in [0.2, 0.25) is 0 Å². The molecule has 2 fully saturated rings. The standard InChI is InChI=1S/C14H22N4O2/c19-12-6-13(10-4-2-1-3-5-10)18(9-12)14(20)17-11-7-15-16-8-11/h7-8,10,12-13,19H,1-6,9H2,(H,15,16)(H,17,20)/t12-,13+/m1/s1. The van der Waals surface area contributed by atoms with Crippen LogP contribution in [0.2, 0.25) is 0 Å². The van der Waals surface area contributed by atoms with E-state index in [1.807, 2.05) is 4.90 Å². The molecule has 2 amide bonds. The first-order valence-corrected chi connectivity index (χ1v) is 7.48. The van der Waals surface area contributed by atoms with Crippen LogP contribution in [0.15, 0.2) is 12.4 Å². The SMILES string of the molecule is O=C(Nc1cn[nH]c1)N1C[C@H](O)C[C@H]1C1CCCCC1. The van der Waals surface area contributed by atoms with Crippen molar-refractivity contribution < 1.29 is 9.90 Å². The summed E-state index contributed by atoms with van der Waals surface area (Å²) >= 11 is 0. The summed E-state index contributed by atoms with van der Waals surface area (Å²) in [7, 11) is 0. The van der Waals surface area contributed by atoms with Gasteiger partial charge in [0.1, 0.15) is 0 Å². The number of hydrogen-bond donors (Lipinski definition) is 3. The van der Waals surface area contributed by atoms with Gasteiger partial charge in [-0.2, -0.15) is 5.10 Å². The van der Waals surface area contributed by atoms with Crippen LogP contribution in [-0.4, -0.2) is 44.9 Å². The van der Waals surface area contributed by atoms with E-state index in [-0.39, 0.29) is 12.1 Å². The third-order valence-electron chi connectivity index (χ3n) is 4.53. The van der Waals surface area contributed by atoms with Crippen LogP contribution in [0, 0.1) is 5.92 Å². The van der Waals surface area contributed by atoms with Crippen molar-refractivity contribution in [1.82, 2.24) is 15.1 Å². The van der Waals surface area contributed by atoms with Gasteiger partial charge in [-0.3, -0.25) is 5.10 Å². The molecule has 0 unspecified atom stereocenters. The Bertz CT molecular complexity index is 442. The largest absolute Gasteiger partial charge is 0.391 e. The van der Waals surface area contributed by atoms with Gasteiger partial charge < -0.3 is 15.3 Å². The lowest BCUT2D eigenvalue weighted by molar-refractivity contribution is 0.164. The van der Waals surface area contributed by atoms with Gasteiger partial charge in [0, 0.05) is 18.8 Å². The van der Waals surface area contributed by atoms with Crippen molar-refractivity contribution in [2.75, 3.05) is 11.9 Å². The molecular weight excluding hydrogens is 256 g/mol. The van der Waals surface area contributed by atoms with Crippen molar-refractivity contribution in [1.29, 1.82) is 0 Å². The molecule has 6 nitrogen and oxygen atoms in total. The summed E-state index contributed by atoms with van der Waals surface area (Å²) in [5, 5.41) is 19.3. The lowest BCUT2D eigenvalue weighted by Crippen LogP contribution is -2.43. The van der Waals surface area contributed by atoms with Crippen molar-refractivity contribution in [3.05, 3.63) is 12.4 Å². The van der Waals surface area contributed by atoms with E-state index in [0.717, 1.165) is 0 Å². The molecule has 0 radical (unpaired) electrons. The van der Waals surface area contributed by atoms with Crippen molar-refractivity contribution >= 4 is 11.7 Å². The average molecular weight is 278 g/mol. The highest BCUT2D eigenvalue weighted by Crippen LogP contribution is 2.34. The number of nitrogens with one attached hydrogen (secondary N) is 2. The zero-order chi connectivity index (χ0) is 13.9. The minimum absolute atomic E-state index is 0.126. The number of hydrogen-bond acceptors (Lipinski definition) is 3. The smallest absolute Gasteiger partial charge is 0.322 e. The molecule has 1 aromatic heterocycles. The van der Waals surface area contributed by atoms with Gasteiger partial charge >= 0.3 is 6.03 Å². The number of aromatic amines is 1. The number of carbonyl (C=O) groups is 1. The van der Waals surface area contributed by atoms with Crippen LogP contribution in [0.5, 0.6) is 0 Å². The number of H-pyrrole nitrogens is 1. The fraction of sp³-hybridized carbons (Fsp3) is 0.714. The van der Waals surface area contributed by atoms with Crippen molar-refractivity contribution in [3.63, 3.8) is 0 Å². The Hall–Kier alpha value is -1.56. The molecule has 2 heterocycles. The first-order valence-electron chi connectivity index (χ1n) is 7.48. The Morgan fingerprint density at radius 2 is 2.20 bits per heavy atom. The Morgan fingerprint density at radius 3 is 2.90 bits per heavy atom. The number of likely N-dealkylation sites (tertiary alicyclic amines) is 1. The van der Waals surface area contributed by atoms with E-state index in [2.05, 4.69) is 15.5 Å². The maximum Gasteiger partial charge on any atom is 0.322 e. The zero-order valence-electron chi connectivity index (χ0n) is 11.6. The van der Waals surface area contributed by atoms with E-state index in [1.54, 1.807) is 12.4 Å². The quantitative estimate of drug-likeness (QED) is 0.773. The number of amides is 2. The molecule has 2 atom stereocenters. The summed E-state index contributed by atoms with van der Waals surface area (Å²) in [5.74, 6) is 0.538. The number of anilines is 1. The lowest BCUT2D eigenvalue weighted by atomic mass is 9.83. The summed E-state index contributed by atoms with van der Waals surface area (Å²) in [6.07, 6.45) is 9.69. The zero-order valence-corrected chi connectivity index (χ0v) is 11.6. The highest BCUT2D eigenvalue weighted by molar-refractivity contribution is 5.89. The maximum absolute atomic E-state index is 12.4. The Morgan fingerprint density at radius 1 is 1.40 bits per heavy atom. The Balaban J connectivity index is 1.67. The Labute approximate surface area is 118 Å². The molecule has 20 heavy (non-hydrogen) atoms. The number of aliphatic hydroxyl groups is 1. The molecule has 0 spiro atoms. The Kier molecular flexibility index (Phi) is 3.91. The van der Waals surface area contributed by atoms with E-state index < -0.39 is 6.10 Å².